The molecule has 6 heteroatoms. The summed E-state index contributed by atoms with van der Waals surface area (Å²) in [7, 11) is 0. The maximum atomic E-state index is 13.0. The van der Waals surface area contributed by atoms with Gasteiger partial charge in [0.2, 0.25) is 5.91 Å². The summed E-state index contributed by atoms with van der Waals surface area (Å²) >= 11 is 0. The van der Waals surface area contributed by atoms with Gasteiger partial charge in [-0.05, 0) is 80.9 Å². The molecule has 0 unspecified atom stereocenters. The van der Waals surface area contributed by atoms with Crippen molar-refractivity contribution in [1.29, 1.82) is 0 Å². The van der Waals surface area contributed by atoms with Gasteiger partial charge in [-0.3, -0.25) is 9.59 Å². The maximum Gasteiger partial charge on any atom is 0.251 e. The molecule has 0 spiro atoms. The Hall–Kier alpha value is -1.59. The van der Waals surface area contributed by atoms with Gasteiger partial charge >= 0.3 is 0 Å². The van der Waals surface area contributed by atoms with Crippen LogP contribution in [0.4, 0.5) is 0 Å². The molecular formula is C22H32ClN3O2. The van der Waals surface area contributed by atoms with E-state index in [1.807, 2.05) is 31.2 Å². The molecule has 1 atom stereocenters. The van der Waals surface area contributed by atoms with Crippen molar-refractivity contribution in [1.82, 2.24) is 10.6 Å². The van der Waals surface area contributed by atoms with E-state index < -0.39 is 0 Å². The number of nitrogens with two attached hydrogens (primary N) is 1. The minimum Gasteiger partial charge on any atom is -0.352 e. The fourth-order valence-electron chi connectivity index (χ4n) is 5.90. The van der Waals surface area contributed by atoms with Crippen molar-refractivity contribution in [2.45, 2.75) is 58.0 Å². The van der Waals surface area contributed by atoms with Crippen LogP contribution in [0, 0.1) is 23.2 Å². The number of hydrogen-bond acceptors (Lipinski definition) is 3. The Morgan fingerprint density at radius 1 is 1.07 bits per heavy atom. The Bertz CT molecular complexity index is 684. The Balaban J connectivity index is 0.00000225. The highest BCUT2D eigenvalue weighted by Crippen LogP contribution is 2.60. The molecule has 5 nitrogen and oxygen atoms in total. The fourth-order valence-corrected chi connectivity index (χ4v) is 5.90. The maximum absolute atomic E-state index is 13.0. The third-order valence-electron chi connectivity index (χ3n) is 6.92. The lowest BCUT2D eigenvalue weighted by Crippen LogP contribution is -2.53. The van der Waals surface area contributed by atoms with Crippen LogP contribution >= 0.6 is 12.4 Å². The molecule has 0 heterocycles. The van der Waals surface area contributed by atoms with Crippen LogP contribution in [0.5, 0.6) is 0 Å². The van der Waals surface area contributed by atoms with Crippen LogP contribution in [0.15, 0.2) is 24.3 Å². The van der Waals surface area contributed by atoms with Gasteiger partial charge in [0.25, 0.3) is 5.91 Å². The Morgan fingerprint density at radius 2 is 1.61 bits per heavy atom. The van der Waals surface area contributed by atoms with Crippen molar-refractivity contribution >= 4 is 24.2 Å². The summed E-state index contributed by atoms with van der Waals surface area (Å²) in [6.45, 7) is 2.83. The monoisotopic (exact) mass is 405 g/mol. The molecule has 2 amide bonds. The van der Waals surface area contributed by atoms with Crippen molar-refractivity contribution < 1.29 is 9.59 Å². The zero-order chi connectivity index (χ0) is 19.0. The molecule has 0 aliphatic heterocycles. The lowest BCUT2D eigenvalue weighted by Gasteiger charge is -2.55. The molecular weight excluding hydrogens is 374 g/mol. The normalized spacial score (nSPS) is 31.0. The summed E-state index contributed by atoms with van der Waals surface area (Å²) in [5, 5.41) is 6.05. The molecule has 5 rings (SSSR count). The van der Waals surface area contributed by atoms with Crippen molar-refractivity contribution in [3.8, 4) is 0 Å². The molecule has 1 aromatic carbocycles. The number of benzene rings is 1. The van der Waals surface area contributed by atoms with Gasteiger partial charge in [0.05, 0.1) is 0 Å². The molecule has 0 radical (unpaired) electrons. The Kier molecular flexibility index (Phi) is 6.35. The Labute approximate surface area is 173 Å². The molecule has 0 aromatic heterocycles. The van der Waals surface area contributed by atoms with Crippen molar-refractivity contribution in [3.05, 3.63) is 35.4 Å². The molecule has 4 fully saturated rings. The molecule has 28 heavy (non-hydrogen) atoms. The number of hydrogen-bond donors (Lipinski definition) is 3. The first-order valence-electron chi connectivity index (χ1n) is 10.4. The number of amides is 2. The number of halogens is 1. The van der Waals surface area contributed by atoms with Crippen LogP contribution in [0.2, 0.25) is 0 Å². The van der Waals surface area contributed by atoms with Gasteiger partial charge in [-0.25, -0.2) is 0 Å². The Morgan fingerprint density at radius 3 is 2.11 bits per heavy atom. The summed E-state index contributed by atoms with van der Waals surface area (Å²) in [5.41, 5.74) is 7.08. The molecule has 0 saturated heterocycles. The van der Waals surface area contributed by atoms with Crippen LogP contribution in [0.1, 0.15) is 61.4 Å². The van der Waals surface area contributed by atoms with Gasteiger partial charge in [-0.1, -0.05) is 12.1 Å². The van der Waals surface area contributed by atoms with Crippen molar-refractivity contribution in [2.75, 3.05) is 6.54 Å². The second kappa shape index (κ2) is 8.42. The van der Waals surface area contributed by atoms with E-state index in [9.17, 15) is 9.59 Å². The van der Waals surface area contributed by atoms with Gasteiger partial charge < -0.3 is 16.4 Å². The molecule has 1 aromatic rings. The molecule has 4 N–H and O–H groups in total. The standard InChI is InChI=1S/C22H31N3O2.ClH/c1-14(12-23)25-20(26)19-4-2-15(3-5-19)13-24-21(27)22-9-16-6-17(10-22)8-18(7-16)11-22;/h2-5,14,16-18H,6-13,23H2,1H3,(H,24,27)(H,25,26);1H/t14-,16?,17?,18?,22?;/m0./s1. The minimum absolute atomic E-state index is 0. The zero-order valence-corrected chi connectivity index (χ0v) is 17.4. The lowest BCUT2D eigenvalue weighted by atomic mass is 9.49. The summed E-state index contributed by atoms with van der Waals surface area (Å²) < 4.78 is 0. The molecule has 154 valence electrons. The third-order valence-corrected chi connectivity index (χ3v) is 6.92. The van der Waals surface area contributed by atoms with Crippen LogP contribution in [-0.4, -0.2) is 24.4 Å². The average molecular weight is 406 g/mol. The van der Waals surface area contributed by atoms with E-state index in [2.05, 4.69) is 10.6 Å². The van der Waals surface area contributed by atoms with Crippen molar-refractivity contribution in [2.24, 2.45) is 28.9 Å². The van der Waals surface area contributed by atoms with Crippen molar-refractivity contribution in [3.63, 3.8) is 0 Å². The van der Waals surface area contributed by atoms with E-state index in [0.29, 0.717) is 18.7 Å². The first-order valence-corrected chi connectivity index (χ1v) is 10.4. The fraction of sp³-hybridized carbons (Fsp3) is 0.636. The summed E-state index contributed by atoms with van der Waals surface area (Å²) in [5.74, 6) is 2.46. The van der Waals surface area contributed by atoms with E-state index in [1.165, 1.54) is 19.3 Å². The van der Waals surface area contributed by atoms with E-state index in [1.54, 1.807) is 0 Å². The predicted molar refractivity (Wildman–Crippen MR) is 112 cm³/mol. The van der Waals surface area contributed by atoms with E-state index >= 15 is 0 Å². The van der Waals surface area contributed by atoms with Gasteiger partial charge in [0.15, 0.2) is 0 Å². The van der Waals surface area contributed by atoms with Gasteiger partial charge in [-0.15, -0.1) is 12.4 Å². The zero-order valence-electron chi connectivity index (χ0n) is 16.6. The second-order valence-electron chi connectivity index (χ2n) is 9.19. The predicted octanol–water partition coefficient (Wildman–Crippen LogP) is 3.02. The first-order chi connectivity index (χ1) is 13.0. The second-order valence-corrected chi connectivity index (χ2v) is 9.19. The van der Waals surface area contributed by atoms with E-state index in [-0.39, 0.29) is 35.7 Å². The average Bonchev–Trinajstić information content (AvgIpc) is 2.65. The smallest absolute Gasteiger partial charge is 0.251 e. The summed E-state index contributed by atoms with van der Waals surface area (Å²) in [6.07, 6.45) is 7.30. The SMILES string of the molecule is C[C@@H](CN)NC(=O)c1ccc(CNC(=O)C23CC4CC(CC(C4)C2)C3)cc1.Cl. The summed E-state index contributed by atoms with van der Waals surface area (Å²) in [4.78, 5) is 25.1. The van der Waals surface area contributed by atoms with E-state index in [0.717, 1.165) is 42.6 Å². The number of carbonyl (C=O) groups is 2. The number of nitrogens with one attached hydrogen (secondary N) is 2. The largest absolute Gasteiger partial charge is 0.352 e. The third kappa shape index (κ3) is 4.20. The molecule has 4 bridgehead atoms. The molecule has 4 aliphatic carbocycles. The highest BCUT2D eigenvalue weighted by molar-refractivity contribution is 5.94. The van der Waals surface area contributed by atoms with E-state index in [4.69, 9.17) is 5.73 Å². The number of carbonyl (C=O) groups excluding carboxylic acids is 2. The first kappa shape index (κ1) is 21.1. The van der Waals surface area contributed by atoms with Gasteiger partial charge in [0, 0.05) is 30.1 Å². The van der Waals surface area contributed by atoms with Crippen LogP contribution in [0.25, 0.3) is 0 Å². The molecule has 4 saturated carbocycles. The topological polar surface area (TPSA) is 84.2 Å². The highest BCUT2D eigenvalue weighted by Gasteiger charge is 2.54. The van der Waals surface area contributed by atoms with Gasteiger partial charge in [0.1, 0.15) is 0 Å². The number of rotatable bonds is 6. The minimum atomic E-state index is -0.114. The molecule has 4 aliphatic rings. The quantitative estimate of drug-likeness (QED) is 0.680. The van der Waals surface area contributed by atoms with Crippen LogP contribution in [0.3, 0.4) is 0 Å². The van der Waals surface area contributed by atoms with Gasteiger partial charge in [-0.2, -0.15) is 0 Å². The van der Waals surface area contributed by atoms with Crippen LogP contribution in [-0.2, 0) is 11.3 Å². The van der Waals surface area contributed by atoms with Crippen LogP contribution < -0.4 is 16.4 Å². The highest BCUT2D eigenvalue weighted by atomic mass is 35.5. The lowest BCUT2D eigenvalue weighted by molar-refractivity contribution is -0.146. The summed E-state index contributed by atoms with van der Waals surface area (Å²) in [6, 6.07) is 7.41.